The number of fused-ring (bicyclic) bond motifs is 1. The Morgan fingerprint density at radius 1 is 0.946 bits per heavy atom. The van der Waals surface area contributed by atoms with Crippen LogP contribution >= 0.6 is 0 Å². The van der Waals surface area contributed by atoms with Gasteiger partial charge in [0.2, 0.25) is 5.95 Å². The maximum atomic E-state index is 13.7. The number of rotatable bonds is 7. The fraction of sp³-hybridized carbons (Fsp3) is 0.286. The highest BCUT2D eigenvalue weighted by Crippen LogP contribution is 2.26. The first-order valence-corrected chi connectivity index (χ1v) is 12.3. The maximum Gasteiger partial charge on any atom is 0.355 e. The normalized spacial score (nSPS) is 12.3. The standard InChI is InChI=1S/C28H30N6O3/c1-17-4-6-20(7-5-17)15-33-26(30-14-23-18(2)12-19(3)31-25(23)29)32-27(35)34(28(33)36)16-21-8-9-24-22(13-21)10-11-37-24/h4-9,12-13H,10-11,14-16H2,1-3H3,(H2,29,31)(H,30,32,35). The predicted octanol–water partition coefficient (Wildman–Crippen LogP) is 2.95. The Morgan fingerprint density at radius 2 is 1.68 bits per heavy atom. The van der Waals surface area contributed by atoms with Crippen LogP contribution in [0.5, 0.6) is 5.75 Å². The topological polar surface area (TPSA) is 117 Å². The second kappa shape index (κ2) is 9.93. The van der Waals surface area contributed by atoms with Crippen molar-refractivity contribution < 1.29 is 4.74 Å². The van der Waals surface area contributed by atoms with Crippen molar-refractivity contribution in [2.75, 3.05) is 17.7 Å². The summed E-state index contributed by atoms with van der Waals surface area (Å²) in [7, 11) is 0. The van der Waals surface area contributed by atoms with Gasteiger partial charge in [0.1, 0.15) is 11.6 Å². The van der Waals surface area contributed by atoms with Crippen molar-refractivity contribution in [3.05, 3.63) is 109 Å². The zero-order valence-corrected chi connectivity index (χ0v) is 21.2. The van der Waals surface area contributed by atoms with E-state index < -0.39 is 11.4 Å². The minimum absolute atomic E-state index is 0.125. The molecule has 5 rings (SSSR count). The van der Waals surface area contributed by atoms with Gasteiger partial charge in [-0.3, -0.25) is 4.57 Å². The molecule has 2 aromatic heterocycles. The van der Waals surface area contributed by atoms with Gasteiger partial charge in [-0.2, -0.15) is 4.98 Å². The monoisotopic (exact) mass is 498 g/mol. The summed E-state index contributed by atoms with van der Waals surface area (Å²) in [5, 5.41) is 3.17. The lowest BCUT2D eigenvalue weighted by atomic mass is 10.1. The number of nitrogens with two attached hydrogens (primary N) is 1. The molecule has 9 heteroatoms. The molecular formula is C28H30N6O3. The molecule has 0 amide bonds. The van der Waals surface area contributed by atoms with Crippen LogP contribution in [0, 0.1) is 20.8 Å². The average Bonchev–Trinajstić information content (AvgIpc) is 3.32. The fourth-order valence-corrected chi connectivity index (χ4v) is 4.63. The maximum absolute atomic E-state index is 13.7. The summed E-state index contributed by atoms with van der Waals surface area (Å²) < 4.78 is 8.25. The third-order valence-corrected chi connectivity index (χ3v) is 6.64. The van der Waals surface area contributed by atoms with Gasteiger partial charge in [-0.05, 0) is 55.2 Å². The number of benzene rings is 2. The summed E-state index contributed by atoms with van der Waals surface area (Å²) >= 11 is 0. The van der Waals surface area contributed by atoms with Crippen LogP contribution in [0.1, 0.15) is 39.1 Å². The highest BCUT2D eigenvalue weighted by molar-refractivity contribution is 5.47. The van der Waals surface area contributed by atoms with Crippen molar-refractivity contribution in [2.45, 2.75) is 46.8 Å². The molecule has 0 unspecified atom stereocenters. The molecule has 0 atom stereocenters. The van der Waals surface area contributed by atoms with Crippen molar-refractivity contribution in [3.8, 4) is 5.75 Å². The molecule has 0 saturated heterocycles. The number of nitrogens with one attached hydrogen (secondary N) is 1. The Hall–Kier alpha value is -4.40. The van der Waals surface area contributed by atoms with Gasteiger partial charge in [-0.25, -0.2) is 19.1 Å². The Kier molecular flexibility index (Phi) is 6.52. The van der Waals surface area contributed by atoms with Gasteiger partial charge in [0.15, 0.2) is 0 Å². The molecule has 1 aliphatic heterocycles. The Morgan fingerprint density at radius 3 is 2.43 bits per heavy atom. The van der Waals surface area contributed by atoms with Crippen LogP contribution in [0.15, 0.2) is 58.1 Å². The lowest BCUT2D eigenvalue weighted by molar-refractivity contribution is 0.357. The fourth-order valence-electron chi connectivity index (χ4n) is 4.63. The van der Waals surface area contributed by atoms with Crippen molar-refractivity contribution >= 4 is 11.8 Å². The Balaban J connectivity index is 1.52. The lowest BCUT2D eigenvalue weighted by Crippen LogP contribution is -2.43. The van der Waals surface area contributed by atoms with E-state index in [1.54, 1.807) is 0 Å². The van der Waals surface area contributed by atoms with E-state index in [-0.39, 0.29) is 25.6 Å². The van der Waals surface area contributed by atoms with Gasteiger partial charge in [-0.1, -0.05) is 42.0 Å². The van der Waals surface area contributed by atoms with E-state index >= 15 is 0 Å². The number of aromatic nitrogens is 4. The lowest BCUT2D eigenvalue weighted by Gasteiger charge is -2.17. The molecule has 3 N–H and O–H groups in total. The van der Waals surface area contributed by atoms with Gasteiger partial charge in [-0.15, -0.1) is 0 Å². The summed E-state index contributed by atoms with van der Waals surface area (Å²) in [6.45, 7) is 7.15. The molecule has 0 radical (unpaired) electrons. The first-order valence-electron chi connectivity index (χ1n) is 12.3. The minimum Gasteiger partial charge on any atom is -0.493 e. The number of aryl methyl sites for hydroxylation is 3. The molecular weight excluding hydrogens is 468 g/mol. The molecule has 2 aromatic carbocycles. The van der Waals surface area contributed by atoms with Crippen LogP contribution in [0.25, 0.3) is 0 Å². The highest BCUT2D eigenvalue weighted by atomic mass is 16.5. The number of hydrogen-bond acceptors (Lipinski definition) is 7. The SMILES string of the molecule is Cc1ccc(Cn2c(NCc3c(C)cc(C)nc3N)nc(=O)n(Cc3ccc4c(c3)CCO4)c2=O)cc1. The third kappa shape index (κ3) is 5.11. The van der Waals surface area contributed by atoms with Gasteiger partial charge in [0, 0.05) is 24.2 Å². The molecule has 0 bridgehead atoms. The second-order valence-corrected chi connectivity index (χ2v) is 9.50. The van der Waals surface area contributed by atoms with Gasteiger partial charge in [0.25, 0.3) is 0 Å². The molecule has 9 nitrogen and oxygen atoms in total. The first kappa shape index (κ1) is 24.3. The van der Waals surface area contributed by atoms with E-state index in [1.807, 2.05) is 69.3 Å². The summed E-state index contributed by atoms with van der Waals surface area (Å²) in [4.78, 5) is 35.4. The van der Waals surface area contributed by atoms with Crippen LogP contribution in [-0.2, 0) is 26.1 Å². The smallest absolute Gasteiger partial charge is 0.355 e. The van der Waals surface area contributed by atoms with Gasteiger partial charge < -0.3 is 15.8 Å². The van der Waals surface area contributed by atoms with E-state index in [4.69, 9.17) is 10.5 Å². The summed E-state index contributed by atoms with van der Waals surface area (Å²) in [6, 6.07) is 15.6. The van der Waals surface area contributed by atoms with Crippen LogP contribution in [-0.4, -0.2) is 25.7 Å². The number of ether oxygens (including phenoxy) is 1. The van der Waals surface area contributed by atoms with E-state index in [9.17, 15) is 9.59 Å². The number of nitrogen functional groups attached to an aromatic ring is 1. The quantitative estimate of drug-likeness (QED) is 0.402. The van der Waals surface area contributed by atoms with Crippen LogP contribution in [0.2, 0.25) is 0 Å². The average molecular weight is 499 g/mol. The van der Waals surface area contributed by atoms with E-state index in [2.05, 4.69) is 15.3 Å². The predicted molar refractivity (Wildman–Crippen MR) is 143 cm³/mol. The van der Waals surface area contributed by atoms with E-state index in [0.717, 1.165) is 51.2 Å². The van der Waals surface area contributed by atoms with Crippen molar-refractivity contribution in [2.24, 2.45) is 0 Å². The molecule has 0 fully saturated rings. The zero-order valence-electron chi connectivity index (χ0n) is 21.2. The van der Waals surface area contributed by atoms with Crippen molar-refractivity contribution in [3.63, 3.8) is 0 Å². The zero-order chi connectivity index (χ0) is 26.1. The molecule has 190 valence electrons. The van der Waals surface area contributed by atoms with E-state index in [1.165, 1.54) is 9.13 Å². The van der Waals surface area contributed by atoms with Gasteiger partial charge >= 0.3 is 11.4 Å². The van der Waals surface area contributed by atoms with Gasteiger partial charge in [0.05, 0.1) is 19.7 Å². The van der Waals surface area contributed by atoms with Crippen LogP contribution in [0.3, 0.4) is 0 Å². The van der Waals surface area contributed by atoms with Crippen molar-refractivity contribution in [1.29, 1.82) is 0 Å². The molecule has 0 spiro atoms. The molecule has 4 aromatic rings. The first-order chi connectivity index (χ1) is 17.8. The number of hydrogen-bond donors (Lipinski definition) is 2. The molecule has 3 heterocycles. The van der Waals surface area contributed by atoms with Crippen LogP contribution in [0.4, 0.5) is 11.8 Å². The minimum atomic E-state index is -0.615. The highest BCUT2D eigenvalue weighted by Gasteiger charge is 2.17. The number of nitrogens with zero attached hydrogens (tertiary/aromatic N) is 4. The number of anilines is 2. The molecule has 37 heavy (non-hydrogen) atoms. The molecule has 0 aliphatic carbocycles. The summed E-state index contributed by atoms with van der Waals surface area (Å²) in [6.07, 6.45) is 0.813. The Bertz CT molecular complexity index is 1560. The molecule has 1 aliphatic rings. The third-order valence-electron chi connectivity index (χ3n) is 6.64. The summed E-state index contributed by atoms with van der Waals surface area (Å²) in [5.41, 5.74) is 11.7. The summed E-state index contributed by atoms with van der Waals surface area (Å²) in [5.74, 6) is 1.45. The molecule has 0 saturated carbocycles. The second-order valence-electron chi connectivity index (χ2n) is 9.50. The van der Waals surface area contributed by atoms with Crippen LogP contribution < -0.4 is 27.2 Å². The van der Waals surface area contributed by atoms with E-state index in [0.29, 0.717) is 12.4 Å². The number of pyridine rings is 1. The Labute approximate surface area is 214 Å². The van der Waals surface area contributed by atoms with Crippen molar-refractivity contribution in [1.82, 2.24) is 19.1 Å². The largest absolute Gasteiger partial charge is 0.493 e.